The molecular formula is C15H28N2OS. The summed E-state index contributed by atoms with van der Waals surface area (Å²) < 4.78 is 0. The van der Waals surface area contributed by atoms with Crippen molar-refractivity contribution >= 4 is 23.1 Å². The predicted molar refractivity (Wildman–Crippen MR) is 84.0 cm³/mol. The normalized spacial score (nSPS) is 18.3. The van der Waals surface area contributed by atoms with E-state index in [4.69, 9.17) is 18.0 Å². The van der Waals surface area contributed by atoms with Crippen molar-refractivity contribution in [2.24, 2.45) is 17.1 Å². The van der Waals surface area contributed by atoms with E-state index in [0.29, 0.717) is 4.99 Å². The van der Waals surface area contributed by atoms with E-state index in [1.165, 1.54) is 12.8 Å². The minimum atomic E-state index is -0.564. The maximum absolute atomic E-state index is 12.4. The number of hydrogen-bond donors (Lipinski definition) is 2. The van der Waals surface area contributed by atoms with Gasteiger partial charge in [-0.2, -0.15) is 0 Å². The van der Waals surface area contributed by atoms with Gasteiger partial charge in [0, 0.05) is 6.54 Å². The maximum atomic E-state index is 12.4. The summed E-state index contributed by atoms with van der Waals surface area (Å²) >= 11 is 5.16. The Labute approximate surface area is 122 Å². The van der Waals surface area contributed by atoms with Crippen LogP contribution in [0.15, 0.2) is 0 Å². The number of hydrogen-bond acceptors (Lipinski definition) is 2. The number of thiocarbonyl (C=S) groups is 1. The third-order valence-electron chi connectivity index (χ3n) is 4.11. The van der Waals surface area contributed by atoms with Crippen LogP contribution in [0.4, 0.5) is 0 Å². The first-order valence-electron chi connectivity index (χ1n) is 7.57. The van der Waals surface area contributed by atoms with Gasteiger partial charge in [-0.15, -0.1) is 0 Å². The van der Waals surface area contributed by atoms with E-state index < -0.39 is 5.41 Å². The van der Waals surface area contributed by atoms with Gasteiger partial charge in [-0.05, 0) is 25.2 Å². The lowest BCUT2D eigenvalue weighted by molar-refractivity contribution is -0.128. The zero-order chi connectivity index (χ0) is 14.3. The molecule has 1 amide bonds. The second-order valence-electron chi connectivity index (χ2n) is 6.15. The van der Waals surface area contributed by atoms with E-state index in [1.807, 2.05) is 0 Å². The quantitative estimate of drug-likeness (QED) is 0.558. The molecule has 0 atom stereocenters. The van der Waals surface area contributed by atoms with E-state index >= 15 is 0 Å². The lowest BCUT2D eigenvalue weighted by atomic mass is 9.73. The van der Waals surface area contributed by atoms with Gasteiger partial charge in [0.15, 0.2) is 0 Å². The Morgan fingerprint density at radius 1 is 1.26 bits per heavy atom. The largest absolute Gasteiger partial charge is 0.392 e. The summed E-state index contributed by atoms with van der Waals surface area (Å²) in [5.41, 5.74) is 5.28. The molecule has 0 unspecified atom stereocenters. The number of rotatable bonds is 7. The van der Waals surface area contributed by atoms with Crippen molar-refractivity contribution in [3.05, 3.63) is 0 Å². The lowest BCUT2D eigenvalue weighted by Gasteiger charge is -2.34. The first kappa shape index (κ1) is 16.4. The summed E-state index contributed by atoms with van der Waals surface area (Å²) in [5, 5.41) is 3.04. The van der Waals surface area contributed by atoms with E-state index in [-0.39, 0.29) is 5.91 Å². The Balaban J connectivity index is 2.39. The smallest absolute Gasteiger partial charge is 0.233 e. The SMILES string of the molecule is CC(C)CCCCNC(=O)C1(C(N)=S)CCCCC1. The number of carbonyl (C=O) groups excluding carboxylic acids is 1. The van der Waals surface area contributed by atoms with Gasteiger partial charge in [-0.1, -0.05) is 58.2 Å². The highest BCUT2D eigenvalue weighted by Gasteiger charge is 2.41. The van der Waals surface area contributed by atoms with Crippen LogP contribution >= 0.6 is 12.2 Å². The molecule has 0 bridgehead atoms. The fourth-order valence-corrected chi connectivity index (χ4v) is 3.09. The molecule has 1 aliphatic rings. The van der Waals surface area contributed by atoms with Crippen molar-refractivity contribution in [2.45, 2.75) is 65.2 Å². The van der Waals surface area contributed by atoms with Crippen LogP contribution in [0.3, 0.4) is 0 Å². The minimum Gasteiger partial charge on any atom is -0.392 e. The Hall–Kier alpha value is -0.640. The van der Waals surface area contributed by atoms with Crippen LogP contribution < -0.4 is 11.1 Å². The van der Waals surface area contributed by atoms with Gasteiger partial charge >= 0.3 is 0 Å². The fraction of sp³-hybridized carbons (Fsp3) is 0.867. The van der Waals surface area contributed by atoms with Gasteiger partial charge in [0.05, 0.1) is 10.4 Å². The Kier molecular flexibility index (Phi) is 6.76. The van der Waals surface area contributed by atoms with Crippen LogP contribution in [-0.4, -0.2) is 17.4 Å². The minimum absolute atomic E-state index is 0.0595. The van der Waals surface area contributed by atoms with Gasteiger partial charge in [0.2, 0.25) is 5.91 Å². The molecule has 0 radical (unpaired) electrons. The molecule has 0 saturated heterocycles. The molecule has 19 heavy (non-hydrogen) atoms. The first-order chi connectivity index (χ1) is 8.99. The molecule has 3 nitrogen and oxygen atoms in total. The van der Waals surface area contributed by atoms with Gasteiger partial charge in [-0.25, -0.2) is 0 Å². The molecule has 1 rings (SSSR count). The highest BCUT2D eigenvalue weighted by Crippen LogP contribution is 2.36. The summed E-state index contributed by atoms with van der Waals surface area (Å²) in [6, 6.07) is 0. The van der Waals surface area contributed by atoms with Crippen molar-refractivity contribution in [3.8, 4) is 0 Å². The van der Waals surface area contributed by atoms with Crippen LogP contribution in [0.25, 0.3) is 0 Å². The highest BCUT2D eigenvalue weighted by molar-refractivity contribution is 7.80. The molecule has 4 heteroatoms. The van der Waals surface area contributed by atoms with Crippen LogP contribution in [0, 0.1) is 11.3 Å². The third kappa shape index (κ3) is 4.75. The standard InChI is InChI=1S/C15H28N2OS/c1-12(2)8-4-7-11-17-14(18)15(13(16)19)9-5-3-6-10-15/h12H,3-11H2,1-2H3,(H2,16,19)(H,17,18). The molecule has 0 aromatic rings. The van der Waals surface area contributed by atoms with Crippen molar-refractivity contribution in [1.29, 1.82) is 0 Å². The van der Waals surface area contributed by atoms with Crippen LogP contribution in [-0.2, 0) is 4.79 Å². The van der Waals surface area contributed by atoms with E-state index in [2.05, 4.69) is 19.2 Å². The monoisotopic (exact) mass is 284 g/mol. The van der Waals surface area contributed by atoms with Gasteiger partial charge in [0.1, 0.15) is 0 Å². The number of nitrogens with one attached hydrogen (secondary N) is 1. The molecule has 0 heterocycles. The Bertz CT molecular complexity index is 309. The predicted octanol–water partition coefficient (Wildman–Crippen LogP) is 3.17. The van der Waals surface area contributed by atoms with Crippen LogP contribution in [0.5, 0.6) is 0 Å². The third-order valence-corrected chi connectivity index (χ3v) is 4.50. The molecule has 3 N–H and O–H groups in total. The summed E-state index contributed by atoms with van der Waals surface area (Å²) in [7, 11) is 0. The van der Waals surface area contributed by atoms with E-state index in [9.17, 15) is 4.79 Å². The molecule has 110 valence electrons. The topological polar surface area (TPSA) is 55.1 Å². The van der Waals surface area contributed by atoms with Gasteiger partial charge in [-0.3, -0.25) is 4.79 Å². The van der Waals surface area contributed by atoms with Crippen LogP contribution in [0.2, 0.25) is 0 Å². The zero-order valence-corrected chi connectivity index (χ0v) is 13.2. The molecule has 1 saturated carbocycles. The average Bonchev–Trinajstić information content (AvgIpc) is 2.38. The lowest BCUT2D eigenvalue weighted by Crippen LogP contribution is -2.50. The molecule has 0 spiro atoms. The summed E-state index contributed by atoms with van der Waals surface area (Å²) in [6.07, 6.45) is 8.36. The molecular weight excluding hydrogens is 256 g/mol. The van der Waals surface area contributed by atoms with Gasteiger partial charge in [0.25, 0.3) is 0 Å². The number of carbonyl (C=O) groups is 1. The highest BCUT2D eigenvalue weighted by atomic mass is 32.1. The van der Waals surface area contributed by atoms with Gasteiger partial charge < -0.3 is 11.1 Å². The first-order valence-corrected chi connectivity index (χ1v) is 7.98. The Morgan fingerprint density at radius 2 is 1.89 bits per heavy atom. The number of unbranched alkanes of at least 4 members (excludes halogenated alkanes) is 1. The second-order valence-corrected chi connectivity index (χ2v) is 6.59. The molecule has 0 aromatic carbocycles. The van der Waals surface area contributed by atoms with Crippen molar-refractivity contribution < 1.29 is 4.79 Å². The van der Waals surface area contributed by atoms with Crippen molar-refractivity contribution in [3.63, 3.8) is 0 Å². The van der Waals surface area contributed by atoms with Crippen LogP contribution in [0.1, 0.15) is 65.2 Å². The molecule has 0 aromatic heterocycles. The van der Waals surface area contributed by atoms with E-state index in [0.717, 1.165) is 51.0 Å². The summed E-state index contributed by atoms with van der Waals surface area (Å²) in [5.74, 6) is 0.793. The summed E-state index contributed by atoms with van der Waals surface area (Å²) in [6.45, 7) is 5.20. The van der Waals surface area contributed by atoms with Crippen molar-refractivity contribution in [2.75, 3.05) is 6.54 Å². The van der Waals surface area contributed by atoms with E-state index in [1.54, 1.807) is 0 Å². The Morgan fingerprint density at radius 3 is 2.42 bits per heavy atom. The maximum Gasteiger partial charge on any atom is 0.233 e. The summed E-state index contributed by atoms with van der Waals surface area (Å²) in [4.78, 5) is 12.8. The second kappa shape index (κ2) is 7.83. The van der Waals surface area contributed by atoms with Crippen molar-refractivity contribution in [1.82, 2.24) is 5.32 Å². The number of amides is 1. The number of nitrogens with two attached hydrogens (primary N) is 1. The fourth-order valence-electron chi connectivity index (χ4n) is 2.79. The zero-order valence-electron chi connectivity index (χ0n) is 12.3. The molecule has 1 aliphatic carbocycles. The molecule has 0 aliphatic heterocycles. The average molecular weight is 284 g/mol. The molecule has 1 fully saturated rings.